The molecule has 1 aromatic carbocycles. The fourth-order valence-corrected chi connectivity index (χ4v) is 3.65. The van der Waals surface area contributed by atoms with Crippen LogP contribution in [0.1, 0.15) is 37.3 Å². The van der Waals surface area contributed by atoms with Crippen molar-refractivity contribution in [2.75, 3.05) is 6.61 Å². The molecule has 0 radical (unpaired) electrons. The number of rotatable bonds is 6. The fraction of sp³-hybridized carbons (Fsp3) is 0.316. The number of hydrogen-bond acceptors (Lipinski definition) is 4. The van der Waals surface area contributed by atoms with Crippen molar-refractivity contribution >= 4 is 27.5 Å². The van der Waals surface area contributed by atoms with Gasteiger partial charge in [0.15, 0.2) is 10.5 Å². The number of thiazole rings is 1. The first-order chi connectivity index (χ1) is 12.5. The third-order valence-electron chi connectivity index (χ3n) is 3.83. The maximum atomic E-state index is 12.6. The maximum absolute atomic E-state index is 12.6. The van der Waals surface area contributed by atoms with Gasteiger partial charge in [0.2, 0.25) is 0 Å². The average molecular weight is 370 g/mol. The van der Waals surface area contributed by atoms with Crippen molar-refractivity contribution in [3.8, 4) is 5.75 Å². The Labute approximate surface area is 156 Å². The van der Waals surface area contributed by atoms with E-state index < -0.39 is 0 Å². The number of nitrogens with zero attached hydrogens (tertiary/aromatic N) is 4. The second-order valence-electron chi connectivity index (χ2n) is 6.04. The van der Waals surface area contributed by atoms with E-state index in [0.717, 1.165) is 16.0 Å². The van der Waals surface area contributed by atoms with E-state index in [0.29, 0.717) is 23.6 Å². The van der Waals surface area contributed by atoms with Crippen molar-refractivity contribution in [1.82, 2.24) is 14.3 Å². The van der Waals surface area contributed by atoms with Gasteiger partial charge in [-0.05, 0) is 45.0 Å². The molecular formula is C19H22N4O2S. The van der Waals surface area contributed by atoms with Crippen molar-refractivity contribution < 1.29 is 9.53 Å². The number of fused-ring (bicyclic) bond motifs is 1. The van der Waals surface area contributed by atoms with Crippen LogP contribution in [0.3, 0.4) is 0 Å². The van der Waals surface area contributed by atoms with Crippen LogP contribution in [0.25, 0.3) is 10.2 Å². The first kappa shape index (κ1) is 18.1. The molecule has 26 heavy (non-hydrogen) atoms. The van der Waals surface area contributed by atoms with Crippen LogP contribution in [0.2, 0.25) is 0 Å². The molecule has 3 rings (SSSR count). The van der Waals surface area contributed by atoms with E-state index in [1.165, 1.54) is 11.3 Å². The van der Waals surface area contributed by atoms with Gasteiger partial charge in [-0.3, -0.25) is 9.48 Å². The maximum Gasteiger partial charge on any atom is 0.300 e. The van der Waals surface area contributed by atoms with E-state index in [9.17, 15) is 4.79 Å². The highest BCUT2D eigenvalue weighted by Gasteiger charge is 2.12. The number of benzene rings is 1. The quantitative estimate of drug-likeness (QED) is 0.620. The predicted octanol–water partition coefficient (Wildman–Crippen LogP) is 3.81. The monoisotopic (exact) mass is 370 g/mol. The standard InChI is InChI=1S/C19H22N4O2S/c1-5-10-22-16-8-7-14(25-6-2)12-17(16)26-19(22)20-18(24)15-9-11-23(21-15)13(3)4/h5,7-9,11-13H,1,6,10H2,2-4H3. The molecule has 0 bridgehead atoms. The zero-order chi connectivity index (χ0) is 18.7. The molecule has 136 valence electrons. The van der Waals surface area contributed by atoms with E-state index in [1.807, 2.05) is 43.5 Å². The SMILES string of the molecule is C=CCn1c(=NC(=O)c2ccn(C(C)C)n2)sc2cc(OCC)ccc21. The van der Waals surface area contributed by atoms with Gasteiger partial charge in [0.05, 0.1) is 16.8 Å². The molecular weight excluding hydrogens is 348 g/mol. The van der Waals surface area contributed by atoms with Gasteiger partial charge in [-0.25, -0.2) is 0 Å². The van der Waals surface area contributed by atoms with Gasteiger partial charge in [-0.15, -0.1) is 6.58 Å². The summed E-state index contributed by atoms with van der Waals surface area (Å²) in [5.74, 6) is 0.458. The molecule has 6 nitrogen and oxygen atoms in total. The van der Waals surface area contributed by atoms with E-state index in [1.54, 1.807) is 23.0 Å². The lowest BCUT2D eigenvalue weighted by atomic mass is 10.3. The predicted molar refractivity (Wildman–Crippen MR) is 104 cm³/mol. The number of allylic oxidation sites excluding steroid dienone is 1. The molecule has 0 fully saturated rings. The summed E-state index contributed by atoms with van der Waals surface area (Å²) in [6.07, 6.45) is 3.59. The Kier molecular flexibility index (Phi) is 5.37. The molecule has 2 aromatic heterocycles. The van der Waals surface area contributed by atoms with Gasteiger partial charge < -0.3 is 9.30 Å². The summed E-state index contributed by atoms with van der Waals surface area (Å²) < 4.78 is 10.3. The summed E-state index contributed by atoms with van der Waals surface area (Å²) in [6.45, 7) is 11.0. The molecule has 0 aliphatic heterocycles. The Balaban J connectivity index is 2.06. The van der Waals surface area contributed by atoms with Gasteiger partial charge in [-0.2, -0.15) is 10.1 Å². The normalized spacial score (nSPS) is 12.1. The van der Waals surface area contributed by atoms with Crippen LogP contribution in [0.15, 0.2) is 48.1 Å². The summed E-state index contributed by atoms with van der Waals surface area (Å²) in [4.78, 5) is 17.5. The van der Waals surface area contributed by atoms with Crippen LogP contribution >= 0.6 is 11.3 Å². The Morgan fingerprint density at radius 3 is 2.88 bits per heavy atom. The van der Waals surface area contributed by atoms with Crippen LogP contribution in [0, 0.1) is 0 Å². The largest absolute Gasteiger partial charge is 0.494 e. The van der Waals surface area contributed by atoms with Gasteiger partial charge in [0.1, 0.15) is 5.75 Å². The number of amides is 1. The molecule has 0 saturated heterocycles. The summed E-state index contributed by atoms with van der Waals surface area (Å²) in [7, 11) is 0. The molecule has 0 N–H and O–H groups in total. The van der Waals surface area contributed by atoms with Crippen LogP contribution in [0.5, 0.6) is 5.75 Å². The first-order valence-electron chi connectivity index (χ1n) is 8.54. The van der Waals surface area contributed by atoms with Crippen molar-refractivity contribution in [2.24, 2.45) is 4.99 Å². The molecule has 2 heterocycles. The van der Waals surface area contributed by atoms with E-state index in [4.69, 9.17) is 4.74 Å². The van der Waals surface area contributed by atoms with Crippen molar-refractivity contribution in [3.63, 3.8) is 0 Å². The van der Waals surface area contributed by atoms with Crippen LogP contribution < -0.4 is 9.54 Å². The van der Waals surface area contributed by atoms with Crippen molar-refractivity contribution in [2.45, 2.75) is 33.4 Å². The summed E-state index contributed by atoms with van der Waals surface area (Å²) in [5, 5.41) is 4.30. The van der Waals surface area contributed by atoms with E-state index in [-0.39, 0.29) is 11.9 Å². The number of hydrogen-bond donors (Lipinski definition) is 0. The zero-order valence-corrected chi connectivity index (χ0v) is 16.0. The number of carbonyl (C=O) groups is 1. The highest BCUT2D eigenvalue weighted by atomic mass is 32.1. The zero-order valence-electron chi connectivity index (χ0n) is 15.2. The number of carbonyl (C=O) groups excluding carboxylic acids is 1. The van der Waals surface area contributed by atoms with Crippen molar-refractivity contribution in [3.05, 3.63) is 53.6 Å². The minimum Gasteiger partial charge on any atom is -0.494 e. The topological polar surface area (TPSA) is 61.4 Å². The molecule has 0 aliphatic carbocycles. The molecule has 0 saturated carbocycles. The van der Waals surface area contributed by atoms with Gasteiger partial charge in [0.25, 0.3) is 5.91 Å². The molecule has 1 amide bonds. The van der Waals surface area contributed by atoms with Gasteiger partial charge in [-0.1, -0.05) is 17.4 Å². The first-order valence-corrected chi connectivity index (χ1v) is 9.36. The van der Waals surface area contributed by atoms with Crippen LogP contribution in [-0.2, 0) is 6.54 Å². The van der Waals surface area contributed by atoms with Crippen LogP contribution in [0.4, 0.5) is 0 Å². The lowest BCUT2D eigenvalue weighted by Crippen LogP contribution is -2.16. The molecule has 0 unspecified atom stereocenters. The lowest BCUT2D eigenvalue weighted by Gasteiger charge is -2.04. The van der Waals surface area contributed by atoms with E-state index in [2.05, 4.69) is 16.7 Å². The number of aromatic nitrogens is 3. The second-order valence-corrected chi connectivity index (χ2v) is 7.05. The third kappa shape index (κ3) is 3.62. The highest BCUT2D eigenvalue weighted by molar-refractivity contribution is 7.16. The molecule has 0 aliphatic rings. The molecule has 0 spiro atoms. The minimum absolute atomic E-state index is 0.198. The fourth-order valence-electron chi connectivity index (χ4n) is 2.58. The average Bonchev–Trinajstić information content (AvgIpc) is 3.21. The number of ether oxygens (including phenoxy) is 1. The second kappa shape index (κ2) is 7.70. The Morgan fingerprint density at radius 1 is 1.42 bits per heavy atom. The summed E-state index contributed by atoms with van der Waals surface area (Å²) >= 11 is 1.45. The Hall–Kier alpha value is -2.67. The summed E-state index contributed by atoms with van der Waals surface area (Å²) in [6, 6.07) is 7.78. The summed E-state index contributed by atoms with van der Waals surface area (Å²) in [5.41, 5.74) is 1.34. The third-order valence-corrected chi connectivity index (χ3v) is 4.87. The molecule has 0 atom stereocenters. The van der Waals surface area contributed by atoms with E-state index >= 15 is 0 Å². The van der Waals surface area contributed by atoms with Gasteiger partial charge in [0, 0.05) is 18.8 Å². The van der Waals surface area contributed by atoms with Gasteiger partial charge >= 0.3 is 0 Å². The van der Waals surface area contributed by atoms with Crippen molar-refractivity contribution in [1.29, 1.82) is 0 Å². The molecule has 3 aromatic rings. The van der Waals surface area contributed by atoms with Crippen LogP contribution in [-0.4, -0.2) is 26.9 Å². The molecule has 7 heteroatoms. The smallest absolute Gasteiger partial charge is 0.300 e. The Bertz CT molecular complexity index is 1010. The highest BCUT2D eigenvalue weighted by Crippen LogP contribution is 2.23. The minimum atomic E-state index is -0.348. The Morgan fingerprint density at radius 2 is 2.23 bits per heavy atom. The lowest BCUT2D eigenvalue weighted by molar-refractivity contribution is 0.0992.